The summed E-state index contributed by atoms with van der Waals surface area (Å²) in [5.41, 5.74) is 1.73. The van der Waals surface area contributed by atoms with Crippen LogP contribution in [0.15, 0.2) is 53.2 Å². The standard InChI is InChI=1S/C40H39ClF4N10O4/c1-20-26(16-46-34(48-20)28-13-30(59-53-28)35(57)47-17-31-49-36(52-51-31)38(3,4)40(43,44)45)25-9-8-22(12-27(25)42)21(2)54-18-39(19-54)14-23(15-39)24-6-5-7-29(33(24)41)55-11-10-32(56)50-37(55)58/h5-9,12-13,16,21,23H,10-11,14-15,17-19H2,1-4H3,(H,47,57)(H,49,51,52)(H,50,56,58). The molecule has 1 spiro atoms. The number of aromatic nitrogens is 6. The van der Waals surface area contributed by atoms with Gasteiger partial charge < -0.3 is 9.84 Å². The topological polar surface area (TPSA) is 175 Å². The molecule has 5 heterocycles. The lowest BCUT2D eigenvalue weighted by molar-refractivity contribution is -0.182. The number of imide groups is 1. The van der Waals surface area contributed by atoms with Gasteiger partial charge in [0.25, 0.3) is 5.91 Å². The van der Waals surface area contributed by atoms with Gasteiger partial charge in [-0.3, -0.25) is 29.8 Å². The van der Waals surface area contributed by atoms with Crippen LogP contribution in [0, 0.1) is 18.2 Å². The molecule has 0 radical (unpaired) electrons. The van der Waals surface area contributed by atoms with Crippen LogP contribution in [0.4, 0.5) is 28.0 Å². The van der Waals surface area contributed by atoms with E-state index in [-0.39, 0.29) is 65.9 Å². The SMILES string of the molecule is Cc1nc(-c2cc(C(=O)NCc3nc(C(C)(C)C(F)(F)F)n[nH]3)on2)ncc1-c1ccc(C(C)N2CC3(CC(c4cccc(N5CCC(=O)NC5=O)c4Cl)C3)C2)cc1F. The number of rotatable bonds is 10. The van der Waals surface area contributed by atoms with Gasteiger partial charge in [0.05, 0.1) is 17.3 Å². The molecule has 3 aromatic heterocycles. The molecule has 1 aliphatic carbocycles. The molecule has 2 saturated heterocycles. The lowest BCUT2D eigenvalue weighted by Gasteiger charge is -2.61. The molecule has 5 aromatic rings. The van der Waals surface area contributed by atoms with Crippen molar-refractivity contribution < 1.29 is 36.5 Å². The number of carbonyl (C=O) groups is 3. The van der Waals surface area contributed by atoms with Crippen molar-refractivity contribution in [2.24, 2.45) is 5.41 Å². The maximum Gasteiger partial charge on any atom is 0.401 e. The molecule has 3 aliphatic rings. The minimum absolute atomic E-state index is 0.0187. The van der Waals surface area contributed by atoms with E-state index in [9.17, 15) is 27.6 Å². The van der Waals surface area contributed by atoms with Crippen molar-refractivity contribution in [1.82, 2.24) is 45.8 Å². The molecule has 8 rings (SSSR count). The molecule has 1 unspecified atom stereocenters. The van der Waals surface area contributed by atoms with Crippen molar-refractivity contribution in [2.75, 3.05) is 24.5 Å². The van der Waals surface area contributed by atoms with Crippen LogP contribution < -0.4 is 15.5 Å². The molecule has 2 aromatic carbocycles. The highest BCUT2D eigenvalue weighted by molar-refractivity contribution is 6.34. The predicted molar refractivity (Wildman–Crippen MR) is 206 cm³/mol. The van der Waals surface area contributed by atoms with Gasteiger partial charge in [-0.1, -0.05) is 41.0 Å². The number of H-pyrrole nitrogens is 1. The third-order valence-electron chi connectivity index (χ3n) is 11.7. The van der Waals surface area contributed by atoms with Gasteiger partial charge in [-0.2, -0.15) is 18.3 Å². The third kappa shape index (κ3) is 7.43. The zero-order chi connectivity index (χ0) is 42.0. The van der Waals surface area contributed by atoms with Crippen LogP contribution in [0.1, 0.15) is 91.0 Å². The Morgan fingerprint density at radius 2 is 1.86 bits per heavy atom. The highest BCUT2D eigenvalue weighted by Crippen LogP contribution is 2.59. The van der Waals surface area contributed by atoms with Gasteiger partial charge in [0.15, 0.2) is 17.3 Å². The predicted octanol–water partition coefficient (Wildman–Crippen LogP) is 7.17. The molecule has 308 valence electrons. The number of alkyl halides is 3. The zero-order valence-electron chi connectivity index (χ0n) is 32.4. The van der Waals surface area contributed by atoms with Gasteiger partial charge in [-0.15, -0.1) is 0 Å². The highest BCUT2D eigenvalue weighted by Gasteiger charge is 2.54. The van der Waals surface area contributed by atoms with Crippen molar-refractivity contribution in [3.63, 3.8) is 0 Å². The van der Waals surface area contributed by atoms with Crippen LogP contribution in [0.5, 0.6) is 0 Å². The van der Waals surface area contributed by atoms with E-state index >= 15 is 4.39 Å². The van der Waals surface area contributed by atoms with Gasteiger partial charge in [-0.25, -0.2) is 24.1 Å². The van der Waals surface area contributed by atoms with Crippen molar-refractivity contribution in [3.05, 3.63) is 93.7 Å². The summed E-state index contributed by atoms with van der Waals surface area (Å²) in [6.07, 6.45) is -0.961. The Morgan fingerprint density at radius 1 is 1.10 bits per heavy atom. The average Bonchev–Trinajstić information content (AvgIpc) is 3.85. The first-order valence-corrected chi connectivity index (χ1v) is 19.3. The number of benzene rings is 2. The molecule has 4 amide bonds. The summed E-state index contributed by atoms with van der Waals surface area (Å²) in [7, 11) is 0. The average molecular weight is 835 g/mol. The molecule has 59 heavy (non-hydrogen) atoms. The molecule has 0 bridgehead atoms. The van der Waals surface area contributed by atoms with Crippen molar-refractivity contribution in [1.29, 1.82) is 0 Å². The minimum Gasteiger partial charge on any atom is -0.350 e. The minimum atomic E-state index is -4.57. The number of nitrogens with one attached hydrogen (secondary N) is 3. The third-order valence-corrected chi connectivity index (χ3v) is 12.1. The quantitative estimate of drug-likeness (QED) is 0.122. The molecular formula is C40H39ClF4N10O4. The summed E-state index contributed by atoms with van der Waals surface area (Å²) < 4.78 is 60.9. The summed E-state index contributed by atoms with van der Waals surface area (Å²) in [4.78, 5) is 53.3. The fourth-order valence-corrected chi connectivity index (χ4v) is 8.38. The monoisotopic (exact) mass is 834 g/mol. The number of carbonyl (C=O) groups excluding carboxylic acids is 3. The summed E-state index contributed by atoms with van der Waals surface area (Å²) in [5, 5.41) is 15.3. The smallest absolute Gasteiger partial charge is 0.350 e. The van der Waals surface area contributed by atoms with E-state index in [2.05, 4.69) is 52.8 Å². The van der Waals surface area contributed by atoms with Crippen molar-refractivity contribution in [3.8, 4) is 22.6 Å². The number of urea groups is 1. The van der Waals surface area contributed by atoms with Gasteiger partial charge in [0.2, 0.25) is 11.7 Å². The summed E-state index contributed by atoms with van der Waals surface area (Å²) in [5.74, 6) is -1.66. The number of aryl methyl sites for hydroxylation is 1. The van der Waals surface area contributed by atoms with E-state index < -0.39 is 35.2 Å². The maximum absolute atomic E-state index is 15.7. The van der Waals surface area contributed by atoms with Crippen molar-refractivity contribution in [2.45, 2.75) is 77.1 Å². The number of hydrogen-bond acceptors (Lipinski definition) is 10. The Bertz CT molecular complexity index is 2470. The first kappa shape index (κ1) is 40.0. The molecule has 1 saturated carbocycles. The zero-order valence-corrected chi connectivity index (χ0v) is 33.1. The Kier molecular flexibility index (Phi) is 10.1. The van der Waals surface area contributed by atoms with Crippen LogP contribution in [0.25, 0.3) is 22.6 Å². The first-order valence-electron chi connectivity index (χ1n) is 18.9. The summed E-state index contributed by atoms with van der Waals surface area (Å²) in [6, 6.07) is 11.7. The Hall–Kier alpha value is -5.75. The van der Waals surface area contributed by atoms with E-state index in [1.54, 1.807) is 19.1 Å². The Morgan fingerprint density at radius 3 is 2.56 bits per heavy atom. The summed E-state index contributed by atoms with van der Waals surface area (Å²) in [6.45, 7) is 7.46. The van der Waals surface area contributed by atoms with E-state index in [0.717, 1.165) is 50.9 Å². The molecule has 3 N–H and O–H groups in total. The van der Waals surface area contributed by atoms with Crippen LogP contribution in [-0.4, -0.2) is 78.9 Å². The van der Waals surface area contributed by atoms with Crippen LogP contribution in [-0.2, 0) is 16.8 Å². The Balaban J connectivity index is 0.859. The van der Waals surface area contributed by atoms with Crippen LogP contribution in [0.2, 0.25) is 5.02 Å². The second kappa shape index (κ2) is 14.8. The Labute approximate surface area is 340 Å². The number of amides is 4. The number of halogens is 5. The van der Waals surface area contributed by atoms with Gasteiger partial charge in [0, 0.05) is 61.2 Å². The molecule has 14 nitrogen and oxygen atoms in total. The van der Waals surface area contributed by atoms with Gasteiger partial charge >= 0.3 is 12.2 Å². The fourth-order valence-electron chi connectivity index (χ4n) is 8.00. The molecule has 2 aliphatic heterocycles. The number of likely N-dealkylation sites (tertiary alicyclic amines) is 1. The molecule has 1 atom stereocenters. The number of anilines is 1. The second-order valence-electron chi connectivity index (χ2n) is 16.0. The van der Waals surface area contributed by atoms with Crippen LogP contribution in [0.3, 0.4) is 0 Å². The molecular weight excluding hydrogens is 796 g/mol. The number of hydrogen-bond donors (Lipinski definition) is 3. The fraction of sp³-hybridized carbons (Fsp3) is 0.400. The van der Waals surface area contributed by atoms with Gasteiger partial charge in [0.1, 0.15) is 17.1 Å². The van der Waals surface area contributed by atoms with E-state index in [4.69, 9.17) is 16.1 Å². The second-order valence-corrected chi connectivity index (χ2v) is 16.4. The lowest BCUT2D eigenvalue weighted by Crippen LogP contribution is -2.61. The molecule has 19 heteroatoms. The lowest BCUT2D eigenvalue weighted by atomic mass is 9.56. The largest absolute Gasteiger partial charge is 0.401 e. The number of aromatic amines is 1. The van der Waals surface area contributed by atoms with E-state index in [1.165, 1.54) is 23.2 Å². The van der Waals surface area contributed by atoms with E-state index in [1.807, 2.05) is 18.2 Å². The van der Waals surface area contributed by atoms with E-state index in [0.29, 0.717) is 27.5 Å². The summed E-state index contributed by atoms with van der Waals surface area (Å²) >= 11 is 6.83. The normalized spacial score (nSPS) is 17.7. The first-order chi connectivity index (χ1) is 27.9. The van der Waals surface area contributed by atoms with Crippen LogP contribution >= 0.6 is 11.6 Å². The van der Waals surface area contributed by atoms with Gasteiger partial charge in [-0.05, 0) is 75.1 Å². The maximum atomic E-state index is 15.7. The highest BCUT2D eigenvalue weighted by atomic mass is 35.5. The van der Waals surface area contributed by atoms with Crippen molar-refractivity contribution >= 4 is 35.1 Å². The molecule has 3 fully saturated rings. The number of nitrogens with zero attached hydrogens (tertiary/aromatic N) is 7.